The van der Waals surface area contributed by atoms with Crippen molar-refractivity contribution < 1.29 is 4.79 Å². The van der Waals surface area contributed by atoms with Crippen LogP contribution in [0.3, 0.4) is 0 Å². The molecular formula is C32H24B4N8O2. The van der Waals surface area contributed by atoms with Gasteiger partial charge in [0.15, 0.2) is 11.5 Å². The molecule has 1 atom stereocenters. The molecule has 10 nitrogen and oxygen atoms in total. The van der Waals surface area contributed by atoms with E-state index in [2.05, 4.69) is 38.3 Å². The van der Waals surface area contributed by atoms with Crippen LogP contribution in [-0.2, 0) is 13.6 Å². The number of carbonyl (C=O) groups is 1. The van der Waals surface area contributed by atoms with Crippen LogP contribution in [0.4, 0.5) is 5.82 Å². The second kappa shape index (κ2) is 12.8. The number of fused-ring (bicyclic) bond motifs is 2. The number of aromatic nitrogens is 6. The highest BCUT2D eigenvalue weighted by molar-refractivity contribution is 6.44. The van der Waals surface area contributed by atoms with E-state index in [1.54, 1.807) is 54.3 Å². The van der Waals surface area contributed by atoms with Crippen molar-refractivity contribution in [1.29, 1.82) is 0 Å². The van der Waals surface area contributed by atoms with Gasteiger partial charge in [-0.1, -0.05) is 35.4 Å². The van der Waals surface area contributed by atoms with Crippen LogP contribution in [-0.4, -0.2) is 66.2 Å². The monoisotopic (exact) mass is 596 g/mol. The van der Waals surface area contributed by atoms with Crippen molar-refractivity contribution in [3.05, 3.63) is 109 Å². The number of nitrogens with two attached hydrogens (primary N) is 1. The summed E-state index contributed by atoms with van der Waals surface area (Å²) in [6.07, 6.45) is 10.2. The third kappa shape index (κ3) is 5.90. The molecule has 46 heavy (non-hydrogen) atoms. The van der Waals surface area contributed by atoms with Gasteiger partial charge in [0.2, 0.25) is 0 Å². The first-order valence-electron chi connectivity index (χ1n) is 14.0. The van der Waals surface area contributed by atoms with Gasteiger partial charge in [0.1, 0.15) is 36.9 Å². The van der Waals surface area contributed by atoms with Crippen LogP contribution in [0.2, 0.25) is 0 Å². The van der Waals surface area contributed by atoms with E-state index in [4.69, 9.17) is 43.5 Å². The fourth-order valence-electron chi connectivity index (χ4n) is 4.92. The van der Waals surface area contributed by atoms with E-state index < -0.39 is 17.5 Å². The van der Waals surface area contributed by atoms with Crippen molar-refractivity contribution in [2.75, 3.05) is 5.73 Å². The van der Waals surface area contributed by atoms with Crippen molar-refractivity contribution in [2.45, 2.75) is 26.4 Å². The van der Waals surface area contributed by atoms with Crippen molar-refractivity contribution in [1.82, 2.24) is 34.3 Å². The standard InChI is InChI=1S/C32H24B4N8O2/c1-5-22(33)27(35)28(36)23(34)16-43-24(17(2)40-31(45)26-29(37)41-44-13-7-12-38-30(26)44)14-20-9-6-8-19(25(20)32(43)46)10-11-21-15-39-42(4)18(21)3/h1,6-9,12-15,17H,16H2,2-4H3,(H2,37,41)(H,40,45)/b27-22-,28-23-. The van der Waals surface area contributed by atoms with Crippen LogP contribution in [0.25, 0.3) is 16.4 Å². The van der Waals surface area contributed by atoms with Crippen LogP contribution in [0, 0.1) is 31.1 Å². The summed E-state index contributed by atoms with van der Waals surface area (Å²) < 4.78 is 4.52. The number of amides is 1. The summed E-state index contributed by atoms with van der Waals surface area (Å²) in [5, 5.41) is 12.2. The molecule has 0 aliphatic heterocycles. The number of pyridine rings is 1. The summed E-state index contributed by atoms with van der Waals surface area (Å²) >= 11 is 0. The SMILES string of the molecule is [B]/C(C#C)=C([B])/C([B])=C(/[B])Cn1c(C(C)NC(=O)c2c(N)nn3cccnc23)cc2cccc(C#Cc3cnn(C)c3C)c2c1=O. The fraction of sp³-hybridized carbons (Fsp3) is 0.156. The molecule has 1 amide bonds. The second-order valence-corrected chi connectivity index (χ2v) is 10.5. The number of carbonyl (C=O) groups excluding carboxylic acids is 1. The zero-order valence-corrected chi connectivity index (χ0v) is 25.4. The first kappa shape index (κ1) is 31.8. The summed E-state index contributed by atoms with van der Waals surface area (Å²) in [5.41, 5.74) is 8.28. The zero-order chi connectivity index (χ0) is 33.3. The number of allylic oxidation sites excluding steroid dienone is 4. The molecule has 4 heterocycles. The summed E-state index contributed by atoms with van der Waals surface area (Å²) in [6, 6.07) is 8.03. The van der Waals surface area contributed by atoms with Crippen molar-refractivity contribution in [3.8, 4) is 24.2 Å². The Bertz CT molecular complexity index is 2280. The molecule has 0 aliphatic carbocycles. The largest absolute Gasteiger partial charge is 0.381 e. The number of hydrogen-bond acceptors (Lipinski definition) is 6. The van der Waals surface area contributed by atoms with Crippen molar-refractivity contribution in [3.63, 3.8) is 0 Å². The van der Waals surface area contributed by atoms with Crippen molar-refractivity contribution >= 4 is 59.5 Å². The topological polar surface area (TPSA) is 125 Å². The van der Waals surface area contributed by atoms with Crippen LogP contribution >= 0.6 is 0 Å². The summed E-state index contributed by atoms with van der Waals surface area (Å²) in [5.74, 6) is 7.91. The number of benzene rings is 1. The Kier molecular flexibility index (Phi) is 8.84. The normalized spacial score (nSPS) is 12.9. The van der Waals surface area contributed by atoms with Gasteiger partial charge in [-0.2, -0.15) is 5.10 Å². The third-order valence-electron chi connectivity index (χ3n) is 7.59. The quantitative estimate of drug-likeness (QED) is 0.173. The molecule has 216 valence electrons. The first-order valence-corrected chi connectivity index (χ1v) is 14.0. The molecule has 8 radical (unpaired) electrons. The third-order valence-corrected chi connectivity index (χ3v) is 7.59. The van der Waals surface area contributed by atoms with E-state index >= 15 is 0 Å². The highest BCUT2D eigenvalue weighted by atomic mass is 16.2. The highest BCUT2D eigenvalue weighted by Gasteiger charge is 2.23. The predicted molar refractivity (Wildman–Crippen MR) is 181 cm³/mol. The average Bonchev–Trinajstić information content (AvgIpc) is 3.56. The van der Waals surface area contributed by atoms with Gasteiger partial charge in [-0.15, -0.1) is 27.9 Å². The first-order chi connectivity index (χ1) is 21.9. The Hall–Kier alpha value is -5.61. The molecular weight excluding hydrogens is 572 g/mol. The van der Waals surface area contributed by atoms with Gasteiger partial charge >= 0.3 is 0 Å². The fourth-order valence-corrected chi connectivity index (χ4v) is 4.92. The minimum Gasteiger partial charge on any atom is -0.381 e. The number of terminal acetylenes is 1. The maximum atomic E-state index is 14.3. The molecule has 0 bridgehead atoms. The van der Waals surface area contributed by atoms with Gasteiger partial charge in [-0.3, -0.25) is 14.3 Å². The van der Waals surface area contributed by atoms with E-state index in [0.717, 1.165) is 11.3 Å². The number of rotatable bonds is 6. The lowest BCUT2D eigenvalue weighted by atomic mass is 9.66. The average molecular weight is 596 g/mol. The maximum Gasteiger partial charge on any atom is 0.260 e. The second-order valence-electron chi connectivity index (χ2n) is 10.5. The van der Waals surface area contributed by atoms with Crippen LogP contribution < -0.4 is 16.6 Å². The van der Waals surface area contributed by atoms with Crippen LogP contribution in [0.5, 0.6) is 0 Å². The lowest BCUT2D eigenvalue weighted by Gasteiger charge is -2.23. The lowest BCUT2D eigenvalue weighted by Crippen LogP contribution is -2.33. The Morgan fingerprint density at radius 1 is 1.13 bits per heavy atom. The maximum absolute atomic E-state index is 14.3. The van der Waals surface area contributed by atoms with E-state index in [1.165, 1.54) is 15.3 Å². The summed E-state index contributed by atoms with van der Waals surface area (Å²) in [4.78, 5) is 32.1. The van der Waals surface area contributed by atoms with Gasteiger partial charge in [0, 0.05) is 37.2 Å². The van der Waals surface area contributed by atoms with Crippen LogP contribution in [0.1, 0.15) is 45.8 Å². The molecule has 3 N–H and O–H groups in total. The Labute approximate surface area is 270 Å². The molecule has 1 unspecified atom stereocenters. The Morgan fingerprint density at radius 3 is 2.57 bits per heavy atom. The molecule has 0 spiro atoms. The molecule has 0 saturated carbocycles. The Morgan fingerprint density at radius 2 is 1.87 bits per heavy atom. The van der Waals surface area contributed by atoms with E-state index in [1.807, 2.05) is 14.0 Å². The molecule has 5 rings (SSSR count). The molecule has 0 saturated heterocycles. The van der Waals surface area contributed by atoms with E-state index in [0.29, 0.717) is 22.0 Å². The molecule has 0 aliphatic rings. The smallest absolute Gasteiger partial charge is 0.260 e. The zero-order valence-electron chi connectivity index (χ0n) is 25.4. The number of aryl methyl sites for hydroxylation is 1. The molecule has 1 aromatic carbocycles. The highest BCUT2D eigenvalue weighted by Crippen LogP contribution is 2.24. The number of nitrogen functional groups attached to an aromatic ring is 1. The minimum absolute atomic E-state index is 0.000290. The summed E-state index contributed by atoms with van der Waals surface area (Å²) in [6.45, 7) is 3.41. The number of nitrogens with one attached hydrogen (secondary N) is 1. The van der Waals surface area contributed by atoms with Gasteiger partial charge in [0.05, 0.1) is 28.9 Å². The van der Waals surface area contributed by atoms with Crippen molar-refractivity contribution in [2.24, 2.45) is 7.05 Å². The minimum atomic E-state index is -0.742. The number of anilines is 1. The lowest BCUT2D eigenvalue weighted by molar-refractivity contribution is 0.0940. The van der Waals surface area contributed by atoms with Gasteiger partial charge < -0.3 is 15.6 Å². The molecule has 4 aromatic heterocycles. The van der Waals surface area contributed by atoms with Crippen LogP contribution in [0.15, 0.2) is 75.6 Å². The van der Waals surface area contributed by atoms with E-state index in [-0.39, 0.29) is 45.5 Å². The van der Waals surface area contributed by atoms with Gasteiger partial charge in [0.25, 0.3) is 11.5 Å². The van der Waals surface area contributed by atoms with Gasteiger partial charge in [-0.05, 0) is 37.4 Å². The Balaban J connectivity index is 1.66. The van der Waals surface area contributed by atoms with E-state index in [9.17, 15) is 9.59 Å². The number of nitrogens with zero attached hydrogens (tertiary/aromatic N) is 6. The number of hydrogen-bond donors (Lipinski definition) is 2. The summed E-state index contributed by atoms with van der Waals surface area (Å²) in [7, 11) is 26.2. The molecule has 14 heteroatoms. The molecule has 0 fully saturated rings. The molecule has 5 aromatic rings. The predicted octanol–water partition coefficient (Wildman–Crippen LogP) is 1.29. The van der Waals surface area contributed by atoms with Gasteiger partial charge in [-0.25, -0.2) is 9.50 Å².